The smallest absolute Gasteiger partial charge is 0.293 e. The minimum Gasteiger partial charge on any atom is -0.488 e. The van der Waals surface area contributed by atoms with E-state index in [1.54, 1.807) is 25.3 Å². The van der Waals surface area contributed by atoms with Gasteiger partial charge in [-0.25, -0.2) is 9.37 Å². The number of fused-ring (bicyclic) bond motifs is 1. The van der Waals surface area contributed by atoms with Gasteiger partial charge >= 0.3 is 0 Å². The van der Waals surface area contributed by atoms with Crippen LogP contribution in [0.5, 0.6) is 5.75 Å². The van der Waals surface area contributed by atoms with Gasteiger partial charge in [-0.2, -0.15) is 4.98 Å². The number of pyridine rings is 1. The Morgan fingerprint density at radius 1 is 1.22 bits per heavy atom. The Balaban J connectivity index is 1.76. The highest BCUT2D eigenvalue weighted by atomic mass is 35.5. The van der Waals surface area contributed by atoms with Gasteiger partial charge in [-0.15, -0.1) is 0 Å². The second kappa shape index (κ2) is 9.32. The monoisotopic (exact) mass is 459 g/mol. The van der Waals surface area contributed by atoms with Crippen LogP contribution < -0.4 is 20.5 Å². The molecule has 0 saturated carbocycles. The lowest BCUT2D eigenvalue weighted by atomic mass is 10.1. The first-order valence-electron chi connectivity index (χ1n) is 10.9. The van der Waals surface area contributed by atoms with Crippen molar-refractivity contribution in [2.75, 3.05) is 29.9 Å². The molecule has 1 aliphatic heterocycles. The Hall–Kier alpha value is -2.87. The molecule has 0 unspecified atom stereocenters. The fourth-order valence-electron chi connectivity index (χ4n) is 4.06. The Labute approximate surface area is 191 Å². The molecule has 3 heterocycles. The molecule has 0 spiro atoms. The molecule has 1 saturated heterocycles. The maximum atomic E-state index is 15.2. The molecule has 9 heteroatoms. The fourth-order valence-corrected chi connectivity index (χ4v) is 4.20. The summed E-state index contributed by atoms with van der Waals surface area (Å²) >= 11 is 6.33. The molecular formula is C23H27ClFN5O2. The maximum absolute atomic E-state index is 15.2. The Bertz CT molecular complexity index is 1190. The number of benzene rings is 1. The molecule has 1 fully saturated rings. The summed E-state index contributed by atoms with van der Waals surface area (Å²) in [6.07, 6.45) is 4.97. The van der Waals surface area contributed by atoms with Crippen LogP contribution in [0.25, 0.3) is 10.9 Å². The topological polar surface area (TPSA) is 72.3 Å². The quantitative estimate of drug-likeness (QED) is 0.539. The number of ether oxygens (including phenoxy) is 1. The Morgan fingerprint density at radius 3 is 2.66 bits per heavy atom. The second-order valence-corrected chi connectivity index (χ2v) is 8.55. The third-order valence-corrected chi connectivity index (χ3v) is 5.78. The van der Waals surface area contributed by atoms with E-state index in [1.165, 1.54) is 17.1 Å². The van der Waals surface area contributed by atoms with Crippen molar-refractivity contribution in [2.45, 2.75) is 46.1 Å². The molecule has 2 aromatic heterocycles. The highest BCUT2D eigenvalue weighted by Gasteiger charge is 2.19. The Morgan fingerprint density at radius 2 is 1.97 bits per heavy atom. The predicted octanol–water partition coefficient (Wildman–Crippen LogP) is 5.30. The average molecular weight is 460 g/mol. The Kier molecular flexibility index (Phi) is 6.50. The molecule has 1 N–H and O–H groups in total. The lowest BCUT2D eigenvalue weighted by Gasteiger charge is -2.27. The summed E-state index contributed by atoms with van der Waals surface area (Å²) in [6, 6.07) is 4.45. The molecular weight excluding hydrogens is 433 g/mol. The van der Waals surface area contributed by atoms with Crippen molar-refractivity contribution in [3.63, 3.8) is 0 Å². The molecule has 0 radical (unpaired) electrons. The lowest BCUT2D eigenvalue weighted by molar-refractivity contribution is 0.331. The van der Waals surface area contributed by atoms with E-state index >= 15 is 4.39 Å². The SMILES string of the molecule is CCOc1cc2cc(Nc3nc(N4CCCCC4)ncc3Cl)cc(F)c2n(C(C)C)c1=O. The standard InChI is InChI=1S/C23H27ClFN5O2/c1-4-32-19-11-15-10-16(12-18(25)20(15)30(14(2)3)22(19)31)27-21-17(24)13-26-23(28-21)29-8-6-5-7-9-29/h10-14H,4-9H2,1-3H3,(H,26,27,28). The van der Waals surface area contributed by atoms with Crippen molar-refractivity contribution in [2.24, 2.45) is 0 Å². The van der Waals surface area contributed by atoms with Crippen LogP contribution in [0.4, 0.5) is 21.8 Å². The average Bonchev–Trinajstić information content (AvgIpc) is 2.77. The summed E-state index contributed by atoms with van der Waals surface area (Å²) in [5.41, 5.74) is 0.359. The number of anilines is 3. The molecule has 32 heavy (non-hydrogen) atoms. The van der Waals surface area contributed by atoms with Gasteiger partial charge in [-0.05, 0) is 58.2 Å². The summed E-state index contributed by atoms with van der Waals surface area (Å²) in [5.74, 6) is 0.686. The largest absolute Gasteiger partial charge is 0.488 e. The first-order chi connectivity index (χ1) is 15.4. The van der Waals surface area contributed by atoms with E-state index < -0.39 is 5.82 Å². The maximum Gasteiger partial charge on any atom is 0.293 e. The molecule has 0 bridgehead atoms. The molecule has 1 aliphatic rings. The van der Waals surface area contributed by atoms with E-state index in [0.717, 1.165) is 25.9 Å². The van der Waals surface area contributed by atoms with E-state index in [-0.39, 0.29) is 22.9 Å². The highest BCUT2D eigenvalue weighted by Crippen LogP contribution is 2.30. The van der Waals surface area contributed by atoms with E-state index in [4.69, 9.17) is 16.3 Å². The predicted molar refractivity (Wildman–Crippen MR) is 126 cm³/mol. The second-order valence-electron chi connectivity index (χ2n) is 8.15. The van der Waals surface area contributed by atoms with Crippen LogP contribution >= 0.6 is 11.6 Å². The fraction of sp³-hybridized carbons (Fsp3) is 0.435. The van der Waals surface area contributed by atoms with Gasteiger partial charge in [0.25, 0.3) is 5.56 Å². The van der Waals surface area contributed by atoms with Gasteiger partial charge in [0.15, 0.2) is 11.6 Å². The summed E-state index contributed by atoms with van der Waals surface area (Å²) in [4.78, 5) is 23.9. The number of hydrogen-bond acceptors (Lipinski definition) is 6. The first kappa shape index (κ1) is 22.3. The number of halogens is 2. The van der Waals surface area contributed by atoms with Gasteiger partial charge < -0.3 is 15.0 Å². The van der Waals surface area contributed by atoms with Crippen molar-refractivity contribution < 1.29 is 9.13 Å². The molecule has 1 aromatic carbocycles. The molecule has 0 aliphatic carbocycles. The minimum absolute atomic E-state index is 0.192. The molecule has 0 amide bonds. The van der Waals surface area contributed by atoms with E-state index in [1.807, 2.05) is 13.8 Å². The zero-order valence-corrected chi connectivity index (χ0v) is 19.2. The van der Waals surface area contributed by atoms with Crippen LogP contribution in [0.1, 0.15) is 46.1 Å². The highest BCUT2D eigenvalue weighted by molar-refractivity contribution is 6.32. The van der Waals surface area contributed by atoms with Gasteiger partial charge in [0.05, 0.1) is 18.3 Å². The lowest BCUT2D eigenvalue weighted by Crippen LogP contribution is -2.31. The third kappa shape index (κ3) is 4.37. The molecule has 4 rings (SSSR count). The molecule has 170 valence electrons. The van der Waals surface area contributed by atoms with Crippen molar-refractivity contribution in [3.8, 4) is 5.75 Å². The number of aromatic nitrogens is 3. The van der Waals surface area contributed by atoms with E-state index in [2.05, 4.69) is 20.2 Å². The summed E-state index contributed by atoms with van der Waals surface area (Å²) < 4.78 is 22.2. The van der Waals surface area contributed by atoms with E-state index in [0.29, 0.717) is 34.5 Å². The van der Waals surface area contributed by atoms with Crippen LogP contribution in [-0.2, 0) is 0 Å². The van der Waals surface area contributed by atoms with Gasteiger partial charge in [-0.3, -0.25) is 9.36 Å². The zero-order chi connectivity index (χ0) is 22.8. The molecule has 3 aromatic rings. The summed E-state index contributed by atoms with van der Waals surface area (Å²) in [7, 11) is 0. The third-order valence-electron chi connectivity index (χ3n) is 5.50. The van der Waals surface area contributed by atoms with Gasteiger partial charge in [0, 0.05) is 30.2 Å². The van der Waals surface area contributed by atoms with Crippen LogP contribution in [0.2, 0.25) is 5.02 Å². The van der Waals surface area contributed by atoms with Crippen molar-refractivity contribution in [1.82, 2.24) is 14.5 Å². The summed E-state index contributed by atoms with van der Waals surface area (Å²) in [6.45, 7) is 7.63. The summed E-state index contributed by atoms with van der Waals surface area (Å²) in [5, 5.41) is 4.01. The van der Waals surface area contributed by atoms with Gasteiger partial charge in [0.2, 0.25) is 5.95 Å². The molecule has 0 atom stereocenters. The first-order valence-corrected chi connectivity index (χ1v) is 11.3. The van der Waals surface area contributed by atoms with Crippen molar-refractivity contribution >= 4 is 40.0 Å². The van der Waals surface area contributed by atoms with E-state index in [9.17, 15) is 4.79 Å². The van der Waals surface area contributed by atoms with Gasteiger partial charge in [-0.1, -0.05) is 11.6 Å². The number of nitrogens with one attached hydrogen (secondary N) is 1. The van der Waals surface area contributed by atoms with Crippen LogP contribution in [-0.4, -0.2) is 34.2 Å². The molecule has 7 nitrogen and oxygen atoms in total. The normalized spacial score (nSPS) is 14.2. The van der Waals surface area contributed by atoms with Crippen molar-refractivity contribution in [1.29, 1.82) is 0 Å². The van der Waals surface area contributed by atoms with Gasteiger partial charge in [0.1, 0.15) is 10.8 Å². The van der Waals surface area contributed by atoms with Crippen LogP contribution in [0, 0.1) is 5.82 Å². The number of rotatable bonds is 6. The number of nitrogens with zero attached hydrogens (tertiary/aromatic N) is 4. The van der Waals surface area contributed by atoms with Crippen LogP contribution in [0.3, 0.4) is 0 Å². The number of piperidine rings is 1. The zero-order valence-electron chi connectivity index (χ0n) is 18.5. The van der Waals surface area contributed by atoms with Crippen LogP contribution in [0.15, 0.2) is 29.2 Å². The minimum atomic E-state index is -0.514. The number of hydrogen-bond donors (Lipinski definition) is 1. The van der Waals surface area contributed by atoms with Crippen molar-refractivity contribution in [3.05, 3.63) is 45.6 Å².